The van der Waals surface area contributed by atoms with E-state index in [9.17, 15) is 9.50 Å². The number of nitrogens with zero attached hydrogens (tertiary/aromatic N) is 1. The van der Waals surface area contributed by atoms with E-state index in [4.69, 9.17) is 0 Å². The zero-order valence-electron chi connectivity index (χ0n) is 10.1. The van der Waals surface area contributed by atoms with Crippen LogP contribution < -0.4 is 0 Å². The molecule has 0 saturated carbocycles. The van der Waals surface area contributed by atoms with Gasteiger partial charge in [-0.2, -0.15) is 0 Å². The van der Waals surface area contributed by atoms with Crippen LogP contribution in [0.2, 0.25) is 0 Å². The SMILES string of the molecule is OC(CCc1ccncc1)Cc1ccc(F)cc1. The molecule has 1 aromatic carbocycles. The smallest absolute Gasteiger partial charge is 0.123 e. The van der Waals surface area contributed by atoms with E-state index in [1.165, 1.54) is 17.7 Å². The van der Waals surface area contributed by atoms with E-state index in [2.05, 4.69) is 4.98 Å². The Balaban J connectivity index is 1.82. The van der Waals surface area contributed by atoms with Gasteiger partial charge in [0.15, 0.2) is 0 Å². The largest absolute Gasteiger partial charge is 0.393 e. The number of pyridine rings is 1. The van der Waals surface area contributed by atoms with Crippen LogP contribution in [0.1, 0.15) is 17.5 Å². The van der Waals surface area contributed by atoms with Crippen LogP contribution in [0, 0.1) is 5.82 Å². The van der Waals surface area contributed by atoms with Crippen molar-refractivity contribution in [1.29, 1.82) is 0 Å². The first-order valence-electron chi connectivity index (χ1n) is 6.05. The van der Waals surface area contributed by atoms with Gasteiger partial charge in [0.2, 0.25) is 0 Å². The lowest BCUT2D eigenvalue weighted by atomic mass is 10.0. The summed E-state index contributed by atoms with van der Waals surface area (Å²) in [7, 11) is 0. The maximum atomic E-state index is 12.7. The van der Waals surface area contributed by atoms with Gasteiger partial charge in [0.25, 0.3) is 0 Å². The summed E-state index contributed by atoms with van der Waals surface area (Å²) in [6.45, 7) is 0. The summed E-state index contributed by atoms with van der Waals surface area (Å²) in [6.07, 6.45) is 5.18. The van der Waals surface area contributed by atoms with Crippen LogP contribution in [-0.2, 0) is 12.8 Å². The summed E-state index contributed by atoms with van der Waals surface area (Å²) in [4.78, 5) is 3.95. The van der Waals surface area contributed by atoms with Crippen LogP contribution in [0.4, 0.5) is 4.39 Å². The van der Waals surface area contributed by atoms with Crippen LogP contribution in [-0.4, -0.2) is 16.2 Å². The van der Waals surface area contributed by atoms with Crippen LogP contribution >= 0.6 is 0 Å². The van der Waals surface area contributed by atoms with Crippen molar-refractivity contribution >= 4 is 0 Å². The molecule has 0 aliphatic carbocycles. The maximum Gasteiger partial charge on any atom is 0.123 e. The standard InChI is InChI=1S/C15H16FNO/c16-14-4-1-13(2-5-14)11-15(18)6-3-12-7-9-17-10-8-12/h1-2,4-5,7-10,15,18H,3,6,11H2. The molecule has 0 fully saturated rings. The molecule has 0 spiro atoms. The molecule has 0 radical (unpaired) electrons. The molecular weight excluding hydrogens is 229 g/mol. The fraction of sp³-hybridized carbons (Fsp3) is 0.267. The number of aliphatic hydroxyl groups is 1. The van der Waals surface area contributed by atoms with E-state index in [-0.39, 0.29) is 5.82 Å². The minimum absolute atomic E-state index is 0.245. The van der Waals surface area contributed by atoms with Crippen molar-refractivity contribution in [3.8, 4) is 0 Å². The van der Waals surface area contributed by atoms with E-state index < -0.39 is 6.10 Å². The molecular formula is C15H16FNO. The minimum Gasteiger partial charge on any atom is -0.393 e. The highest BCUT2D eigenvalue weighted by atomic mass is 19.1. The van der Waals surface area contributed by atoms with Crippen LogP contribution in [0.15, 0.2) is 48.8 Å². The Hall–Kier alpha value is -1.74. The van der Waals surface area contributed by atoms with Gasteiger partial charge in [-0.3, -0.25) is 4.98 Å². The molecule has 2 aromatic rings. The Labute approximate surface area is 106 Å². The summed E-state index contributed by atoms with van der Waals surface area (Å²) in [6, 6.07) is 10.2. The average molecular weight is 245 g/mol. The molecule has 0 aliphatic rings. The highest BCUT2D eigenvalue weighted by Crippen LogP contribution is 2.10. The van der Waals surface area contributed by atoms with Gasteiger partial charge in [0.05, 0.1) is 6.10 Å². The molecule has 0 bridgehead atoms. The number of hydrogen-bond acceptors (Lipinski definition) is 2. The molecule has 2 nitrogen and oxygen atoms in total. The summed E-state index contributed by atoms with van der Waals surface area (Å²) in [5.74, 6) is -0.245. The summed E-state index contributed by atoms with van der Waals surface area (Å²) in [5.41, 5.74) is 2.13. The molecule has 1 aromatic heterocycles. The normalized spacial score (nSPS) is 12.3. The van der Waals surface area contributed by atoms with Gasteiger partial charge in [-0.25, -0.2) is 4.39 Å². The van der Waals surface area contributed by atoms with E-state index in [0.29, 0.717) is 12.8 Å². The van der Waals surface area contributed by atoms with Crippen LogP contribution in [0.3, 0.4) is 0 Å². The number of aryl methyl sites for hydroxylation is 1. The number of halogens is 1. The quantitative estimate of drug-likeness (QED) is 0.878. The van der Waals surface area contributed by atoms with E-state index in [1.54, 1.807) is 24.5 Å². The Kier molecular flexibility index (Phi) is 4.42. The molecule has 0 amide bonds. The number of aliphatic hydroxyl groups excluding tert-OH is 1. The molecule has 2 rings (SSSR count). The van der Waals surface area contributed by atoms with Crippen LogP contribution in [0.25, 0.3) is 0 Å². The lowest BCUT2D eigenvalue weighted by Gasteiger charge is -2.10. The van der Waals surface area contributed by atoms with Crippen molar-refractivity contribution in [1.82, 2.24) is 4.98 Å². The zero-order chi connectivity index (χ0) is 12.8. The third-order valence-electron chi connectivity index (χ3n) is 2.90. The summed E-state index contributed by atoms with van der Waals surface area (Å²) in [5, 5.41) is 9.92. The van der Waals surface area contributed by atoms with E-state index in [0.717, 1.165) is 12.0 Å². The molecule has 18 heavy (non-hydrogen) atoms. The second-order valence-corrected chi connectivity index (χ2v) is 4.38. The van der Waals surface area contributed by atoms with Gasteiger partial charge in [0.1, 0.15) is 5.82 Å². The van der Waals surface area contributed by atoms with Crippen molar-refractivity contribution in [2.45, 2.75) is 25.4 Å². The number of aromatic nitrogens is 1. The fourth-order valence-electron chi connectivity index (χ4n) is 1.88. The highest BCUT2D eigenvalue weighted by Gasteiger charge is 2.06. The van der Waals surface area contributed by atoms with Crippen molar-refractivity contribution in [3.63, 3.8) is 0 Å². The molecule has 1 heterocycles. The van der Waals surface area contributed by atoms with Gasteiger partial charge in [-0.15, -0.1) is 0 Å². The zero-order valence-corrected chi connectivity index (χ0v) is 10.1. The lowest BCUT2D eigenvalue weighted by molar-refractivity contribution is 0.165. The van der Waals surface area contributed by atoms with Crippen molar-refractivity contribution < 1.29 is 9.50 Å². The highest BCUT2D eigenvalue weighted by molar-refractivity contribution is 5.17. The van der Waals surface area contributed by atoms with E-state index >= 15 is 0 Å². The third kappa shape index (κ3) is 3.93. The Morgan fingerprint density at radius 1 is 1.00 bits per heavy atom. The predicted octanol–water partition coefficient (Wildman–Crippen LogP) is 2.76. The Morgan fingerprint density at radius 3 is 2.33 bits per heavy atom. The first-order chi connectivity index (χ1) is 8.74. The summed E-state index contributed by atoms with van der Waals surface area (Å²) >= 11 is 0. The lowest BCUT2D eigenvalue weighted by Crippen LogP contribution is -2.11. The predicted molar refractivity (Wildman–Crippen MR) is 68.7 cm³/mol. The third-order valence-corrected chi connectivity index (χ3v) is 2.90. The van der Waals surface area contributed by atoms with Gasteiger partial charge < -0.3 is 5.11 Å². The van der Waals surface area contributed by atoms with Crippen molar-refractivity contribution in [2.75, 3.05) is 0 Å². The van der Waals surface area contributed by atoms with Gasteiger partial charge in [-0.05, 0) is 54.7 Å². The molecule has 3 heteroatoms. The maximum absolute atomic E-state index is 12.7. The molecule has 1 unspecified atom stereocenters. The molecule has 94 valence electrons. The number of hydrogen-bond donors (Lipinski definition) is 1. The minimum atomic E-state index is -0.399. The monoisotopic (exact) mass is 245 g/mol. The fourth-order valence-corrected chi connectivity index (χ4v) is 1.88. The molecule has 1 N–H and O–H groups in total. The topological polar surface area (TPSA) is 33.1 Å². The second-order valence-electron chi connectivity index (χ2n) is 4.38. The number of rotatable bonds is 5. The van der Waals surface area contributed by atoms with Crippen molar-refractivity contribution in [3.05, 3.63) is 65.7 Å². The molecule has 0 aliphatic heterocycles. The average Bonchev–Trinajstić information content (AvgIpc) is 2.40. The first-order valence-corrected chi connectivity index (χ1v) is 6.05. The molecule has 0 saturated heterocycles. The molecule has 1 atom stereocenters. The van der Waals surface area contributed by atoms with Crippen molar-refractivity contribution in [2.24, 2.45) is 0 Å². The second kappa shape index (κ2) is 6.26. The van der Waals surface area contributed by atoms with Crippen LogP contribution in [0.5, 0.6) is 0 Å². The van der Waals surface area contributed by atoms with Gasteiger partial charge in [-0.1, -0.05) is 12.1 Å². The Morgan fingerprint density at radius 2 is 1.67 bits per heavy atom. The van der Waals surface area contributed by atoms with E-state index in [1.807, 2.05) is 12.1 Å². The van der Waals surface area contributed by atoms with Gasteiger partial charge >= 0.3 is 0 Å². The van der Waals surface area contributed by atoms with Gasteiger partial charge in [0, 0.05) is 12.4 Å². The first kappa shape index (κ1) is 12.7. The summed E-state index contributed by atoms with van der Waals surface area (Å²) < 4.78 is 12.7. The Bertz CT molecular complexity index is 470. The number of benzene rings is 1.